The molecule has 4 rings (SSSR count). The summed E-state index contributed by atoms with van der Waals surface area (Å²) in [6.45, 7) is 7.19. The summed E-state index contributed by atoms with van der Waals surface area (Å²) in [4.78, 5) is 15.1. The van der Waals surface area contributed by atoms with Crippen molar-refractivity contribution in [3.8, 4) is 11.5 Å². The zero-order valence-electron chi connectivity index (χ0n) is 20.7. The summed E-state index contributed by atoms with van der Waals surface area (Å²) in [5.41, 5.74) is 3.13. The molecule has 1 saturated heterocycles. The van der Waals surface area contributed by atoms with E-state index in [0.717, 1.165) is 43.9 Å². The molecule has 2 aromatic rings. The largest absolute Gasteiger partial charge is 0.493 e. The predicted molar refractivity (Wildman–Crippen MR) is 130 cm³/mol. The first-order valence-corrected chi connectivity index (χ1v) is 12.2. The van der Waals surface area contributed by atoms with E-state index in [4.69, 9.17) is 14.2 Å². The number of ketones is 1. The summed E-state index contributed by atoms with van der Waals surface area (Å²) in [5, 5.41) is 0. The number of benzene rings is 2. The van der Waals surface area contributed by atoms with E-state index in [1.54, 1.807) is 14.2 Å². The molecule has 0 amide bonds. The highest BCUT2D eigenvalue weighted by atomic mass is 19.1. The Morgan fingerprint density at radius 3 is 2.47 bits per heavy atom. The van der Waals surface area contributed by atoms with Gasteiger partial charge in [0.1, 0.15) is 12.4 Å². The van der Waals surface area contributed by atoms with E-state index in [0.29, 0.717) is 36.0 Å². The second-order valence-electron chi connectivity index (χ2n) is 10.00. The van der Waals surface area contributed by atoms with Crippen molar-refractivity contribution in [1.29, 1.82) is 0 Å². The van der Waals surface area contributed by atoms with Crippen molar-refractivity contribution in [2.24, 2.45) is 17.8 Å². The molecule has 3 unspecified atom stereocenters. The standard InChI is InChI=1S/C28H36FNO4/c1-18(2)11-21-15-30-10-9-20-13-27(32-3)28(33-4)14-24(20)25(30)12-22(21)16-34-17-26(31)19-5-7-23(29)8-6-19/h5-8,13-14,18,21-22,25H,9-12,15-17H2,1-4H3. The lowest BCUT2D eigenvalue weighted by Crippen LogP contribution is -2.47. The van der Waals surface area contributed by atoms with Crippen LogP contribution < -0.4 is 9.47 Å². The molecule has 2 aliphatic rings. The maximum absolute atomic E-state index is 13.2. The van der Waals surface area contributed by atoms with E-state index in [1.807, 2.05) is 0 Å². The fourth-order valence-corrected chi connectivity index (χ4v) is 5.60. The Hall–Kier alpha value is -2.44. The minimum Gasteiger partial charge on any atom is -0.493 e. The van der Waals surface area contributed by atoms with E-state index < -0.39 is 0 Å². The Bertz CT molecular complexity index is 991. The zero-order chi connectivity index (χ0) is 24.2. The van der Waals surface area contributed by atoms with Gasteiger partial charge in [0.05, 0.1) is 20.8 Å². The van der Waals surface area contributed by atoms with Gasteiger partial charge in [-0.1, -0.05) is 13.8 Å². The van der Waals surface area contributed by atoms with Gasteiger partial charge in [0.25, 0.3) is 0 Å². The Labute approximate surface area is 202 Å². The Morgan fingerprint density at radius 1 is 1.09 bits per heavy atom. The quantitative estimate of drug-likeness (QED) is 0.465. The molecule has 0 N–H and O–H groups in total. The molecule has 5 nitrogen and oxygen atoms in total. The fraction of sp³-hybridized carbons (Fsp3) is 0.536. The van der Waals surface area contributed by atoms with E-state index in [9.17, 15) is 9.18 Å². The van der Waals surface area contributed by atoms with E-state index in [2.05, 4.69) is 30.9 Å². The molecule has 0 spiro atoms. The maximum Gasteiger partial charge on any atom is 0.188 e. The lowest BCUT2D eigenvalue weighted by molar-refractivity contribution is -0.00279. The van der Waals surface area contributed by atoms with Gasteiger partial charge in [-0.05, 0) is 84.5 Å². The molecule has 0 radical (unpaired) electrons. The van der Waals surface area contributed by atoms with Crippen molar-refractivity contribution in [3.05, 3.63) is 58.9 Å². The third kappa shape index (κ3) is 5.44. The maximum atomic E-state index is 13.2. The molecule has 2 heterocycles. The van der Waals surface area contributed by atoms with E-state index in [-0.39, 0.29) is 18.2 Å². The van der Waals surface area contributed by atoms with Gasteiger partial charge in [-0.2, -0.15) is 0 Å². The predicted octanol–water partition coefficient (Wildman–Crippen LogP) is 5.32. The summed E-state index contributed by atoms with van der Waals surface area (Å²) in [6.07, 6.45) is 3.14. The van der Waals surface area contributed by atoms with Crippen LogP contribution in [0.25, 0.3) is 0 Å². The van der Waals surface area contributed by atoms with Crippen molar-refractivity contribution in [2.75, 3.05) is 40.5 Å². The average molecular weight is 470 g/mol. The molecule has 1 fully saturated rings. The van der Waals surface area contributed by atoms with Crippen LogP contribution in [0.5, 0.6) is 11.5 Å². The Morgan fingerprint density at radius 2 is 1.79 bits per heavy atom. The Kier molecular flexibility index (Phi) is 7.89. The van der Waals surface area contributed by atoms with E-state index in [1.165, 1.54) is 35.4 Å². The monoisotopic (exact) mass is 469 g/mol. The number of methoxy groups -OCH3 is 2. The lowest BCUT2D eigenvalue weighted by atomic mass is 9.74. The van der Waals surface area contributed by atoms with Crippen LogP contribution in [0.2, 0.25) is 0 Å². The van der Waals surface area contributed by atoms with Crippen molar-refractivity contribution in [3.63, 3.8) is 0 Å². The van der Waals surface area contributed by atoms with Crippen LogP contribution in [0.1, 0.15) is 54.2 Å². The van der Waals surface area contributed by atoms with Crippen LogP contribution in [0.3, 0.4) is 0 Å². The first kappa shape index (κ1) is 24.7. The lowest BCUT2D eigenvalue weighted by Gasteiger charge is -2.47. The molecular weight excluding hydrogens is 433 g/mol. The minimum absolute atomic E-state index is 0.0204. The van der Waals surface area contributed by atoms with Crippen molar-refractivity contribution in [2.45, 2.75) is 39.2 Å². The summed E-state index contributed by atoms with van der Waals surface area (Å²) in [7, 11) is 3.36. The molecular formula is C28H36FNO4. The Balaban J connectivity index is 1.48. The van der Waals surface area contributed by atoms with Crippen LogP contribution in [0.15, 0.2) is 36.4 Å². The second kappa shape index (κ2) is 10.9. The molecule has 184 valence electrons. The number of halogens is 1. The summed E-state index contributed by atoms with van der Waals surface area (Å²) in [5.74, 6) is 2.59. The summed E-state index contributed by atoms with van der Waals surface area (Å²) >= 11 is 0. The number of fused-ring (bicyclic) bond motifs is 3. The van der Waals surface area contributed by atoms with Crippen LogP contribution >= 0.6 is 0 Å². The average Bonchev–Trinajstić information content (AvgIpc) is 2.83. The number of rotatable bonds is 9. The molecule has 34 heavy (non-hydrogen) atoms. The van der Waals surface area contributed by atoms with Crippen molar-refractivity contribution in [1.82, 2.24) is 4.90 Å². The zero-order valence-corrected chi connectivity index (χ0v) is 20.7. The van der Waals surface area contributed by atoms with Gasteiger partial charge < -0.3 is 14.2 Å². The first-order valence-electron chi connectivity index (χ1n) is 12.2. The molecule has 3 atom stereocenters. The number of hydrogen-bond acceptors (Lipinski definition) is 5. The normalized spacial score (nSPS) is 22.2. The van der Waals surface area contributed by atoms with Gasteiger partial charge >= 0.3 is 0 Å². The molecule has 0 saturated carbocycles. The number of piperidine rings is 1. The van der Waals surface area contributed by atoms with Crippen molar-refractivity contribution < 1.29 is 23.4 Å². The molecule has 0 aliphatic carbocycles. The van der Waals surface area contributed by atoms with Gasteiger partial charge in [0, 0.05) is 24.7 Å². The summed E-state index contributed by atoms with van der Waals surface area (Å²) in [6, 6.07) is 10.2. The van der Waals surface area contributed by atoms with E-state index >= 15 is 0 Å². The molecule has 6 heteroatoms. The van der Waals surface area contributed by atoms with Gasteiger partial charge in [0.15, 0.2) is 17.3 Å². The third-order valence-corrected chi connectivity index (χ3v) is 7.28. The van der Waals surface area contributed by atoms with Gasteiger partial charge in [-0.25, -0.2) is 4.39 Å². The topological polar surface area (TPSA) is 48.0 Å². The summed E-state index contributed by atoms with van der Waals surface area (Å²) < 4.78 is 30.3. The highest BCUT2D eigenvalue weighted by Crippen LogP contribution is 2.45. The van der Waals surface area contributed by atoms with Crippen molar-refractivity contribution >= 4 is 5.78 Å². The van der Waals surface area contributed by atoms with Crippen LogP contribution in [-0.2, 0) is 11.2 Å². The highest BCUT2D eigenvalue weighted by Gasteiger charge is 2.39. The number of carbonyl (C=O) groups excluding carboxylic acids is 1. The fourth-order valence-electron chi connectivity index (χ4n) is 5.60. The van der Waals surface area contributed by atoms with Gasteiger partial charge in [-0.3, -0.25) is 9.69 Å². The third-order valence-electron chi connectivity index (χ3n) is 7.28. The number of Topliss-reactive ketones (excluding diaryl/α,β-unsaturated/α-hetero) is 1. The van der Waals surface area contributed by atoms with Crippen LogP contribution in [-0.4, -0.2) is 51.2 Å². The first-order chi connectivity index (χ1) is 16.4. The number of hydrogen-bond donors (Lipinski definition) is 0. The molecule has 0 aromatic heterocycles. The second-order valence-corrected chi connectivity index (χ2v) is 10.00. The SMILES string of the molecule is COc1cc2c(cc1OC)C1CC(COCC(=O)c3ccc(F)cc3)C(CC(C)C)CN1CC2. The smallest absolute Gasteiger partial charge is 0.188 e. The number of nitrogens with zero attached hydrogens (tertiary/aromatic N) is 1. The molecule has 0 bridgehead atoms. The van der Waals surface area contributed by atoms with Gasteiger partial charge in [0.2, 0.25) is 0 Å². The number of carbonyl (C=O) groups is 1. The molecule has 2 aromatic carbocycles. The van der Waals surface area contributed by atoms with Crippen LogP contribution in [0.4, 0.5) is 4.39 Å². The number of ether oxygens (including phenoxy) is 3. The highest BCUT2D eigenvalue weighted by molar-refractivity contribution is 5.97. The minimum atomic E-state index is -0.345. The van der Waals surface area contributed by atoms with Crippen LogP contribution in [0, 0.1) is 23.6 Å². The van der Waals surface area contributed by atoms with Gasteiger partial charge in [-0.15, -0.1) is 0 Å². The molecule has 2 aliphatic heterocycles.